The molecule has 0 aliphatic carbocycles. The number of para-hydroxylation sites is 1. The first-order valence-corrected chi connectivity index (χ1v) is 12.2. The number of rotatable bonds is 9. The Morgan fingerprint density at radius 1 is 0.868 bits per heavy atom. The molecule has 0 spiro atoms. The van der Waals surface area contributed by atoms with Gasteiger partial charge in [-0.1, -0.05) is 54.6 Å². The number of carbonyl (C=O) groups excluding carboxylic acids is 1. The zero-order chi connectivity index (χ0) is 26.3. The summed E-state index contributed by atoms with van der Waals surface area (Å²) in [5, 5.41) is 11.1. The number of urea groups is 1. The number of hydrogen-bond donors (Lipinski definition) is 2. The molecule has 1 heterocycles. The third-order valence-electron chi connectivity index (χ3n) is 6.06. The molecule has 5 rings (SSSR count). The number of methoxy groups -OCH3 is 1. The lowest BCUT2D eigenvalue weighted by Crippen LogP contribution is -2.28. The second kappa shape index (κ2) is 11.5. The number of amides is 2. The third-order valence-corrected chi connectivity index (χ3v) is 6.06. The lowest BCUT2D eigenvalue weighted by atomic mass is 10.1. The molecule has 2 N–H and O–H groups in total. The summed E-state index contributed by atoms with van der Waals surface area (Å²) in [7, 11) is 1.63. The topological polar surface area (TPSA) is 77.4 Å². The minimum absolute atomic E-state index is 0.276. The molecule has 0 fully saturated rings. The average Bonchev–Trinajstić information content (AvgIpc) is 3.29. The van der Waals surface area contributed by atoms with Gasteiger partial charge in [0.25, 0.3) is 0 Å². The van der Waals surface area contributed by atoms with Crippen LogP contribution in [0.5, 0.6) is 11.5 Å². The molecule has 0 radical (unpaired) electrons. The minimum atomic E-state index is -0.384. The fraction of sp³-hybridized carbons (Fsp3) is 0.133. The van der Waals surface area contributed by atoms with Gasteiger partial charge in [0.05, 0.1) is 19.2 Å². The van der Waals surface area contributed by atoms with Crippen molar-refractivity contribution in [1.82, 2.24) is 15.1 Å². The van der Waals surface area contributed by atoms with Crippen molar-refractivity contribution in [3.8, 4) is 11.5 Å². The fourth-order valence-corrected chi connectivity index (χ4v) is 4.05. The number of nitrogens with one attached hydrogen (secondary N) is 2. The zero-order valence-electron chi connectivity index (χ0n) is 20.9. The summed E-state index contributed by atoms with van der Waals surface area (Å²) < 4.78 is 26.1. The first-order valence-electron chi connectivity index (χ1n) is 12.2. The van der Waals surface area contributed by atoms with Gasteiger partial charge in [-0.25, -0.2) is 9.18 Å². The van der Waals surface area contributed by atoms with E-state index in [-0.39, 0.29) is 18.4 Å². The molecule has 0 atom stereocenters. The monoisotopic (exact) mass is 510 g/mol. The predicted molar refractivity (Wildman–Crippen MR) is 145 cm³/mol. The Kier molecular flexibility index (Phi) is 7.49. The molecule has 0 saturated heterocycles. The maximum atomic E-state index is 13.1. The summed E-state index contributed by atoms with van der Waals surface area (Å²) in [4.78, 5) is 12.5. The Hall–Kier alpha value is -4.85. The second-order valence-corrected chi connectivity index (χ2v) is 8.74. The van der Waals surface area contributed by atoms with Crippen LogP contribution in [0.3, 0.4) is 0 Å². The van der Waals surface area contributed by atoms with Gasteiger partial charge >= 0.3 is 6.03 Å². The van der Waals surface area contributed by atoms with Crippen LogP contribution in [0, 0.1) is 5.82 Å². The van der Waals surface area contributed by atoms with Gasteiger partial charge in [0.2, 0.25) is 0 Å². The largest absolute Gasteiger partial charge is 0.497 e. The first-order chi connectivity index (χ1) is 18.6. The van der Waals surface area contributed by atoms with Gasteiger partial charge in [0.1, 0.15) is 23.9 Å². The molecule has 7 nitrogen and oxygen atoms in total. The molecule has 0 saturated carbocycles. The molecule has 0 bridgehead atoms. The van der Waals surface area contributed by atoms with E-state index in [1.54, 1.807) is 19.2 Å². The maximum absolute atomic E-state index is 13.1. The molecule has 38 heavy (non-hydrogen) atoms. The fourth-order valence-electron chi connectivity index (χ4n) is 4.05. The number of halogens is 1. The summed E-state index contributed by atoms with van der Waals surface area (Å²) in [5.74, 6) is 1.66. The summed E-state index contributed by atoms with van der Waals surface area (Å²) in [6, 6.07) is 29.0. The maximum Gasteiger partial charge on any atom is 0.320 e. The number of ether oxygens (including phenoxy) is 2. The van der Waals surface area contributed by atoms with Crippen LogP contribution >= 0.6 is 0 Å². The molecule has 4 aromatic carbocycles. The van der Waals surface area contributed by atoms with Crippen LogP contribution in [-0.4, -0.2) is 22.9 Å². The zero-order valence-corrected chi connectivity index (χ0v) is 20.9. The van der Waals surface area contributed by atoms with E-state index in [2.05, 4.69) is 15.7 Å². The number of benzene rings is 4. The minimum Gasteiger partial charge on any atom is -0.497 e. The van der Waals surface area contributed by atoms with E-state index in [1.807, 2.05) is 77.5 Å². The van der Waals surface area contributed by atoms with Gasteiger partial charge in [-0.05, 0) is 53.1 Å². The van der Waals surface area contributed by atoms with Gasteiger partial charge in [-0.3, -0.25) is 10.00 Å². The van der Waals surface area contributed by atoms with Crippen molar-refractivity contribution in [2.75, 3.05) is 12.4 Å². The van der Waals surface area contributed by atoms with Crippen LogP contribution in [0.15, 0.2) is 97.1 Å². The normalized spacial score (nSPS) is 10.8. The molecule has 0 aliphatic heterocycles. The molecule has 5 aromatic rings. The van der Waals surface area contributed by atoms with Crippen LogP contribution in [0.1, 0.15) is 16.7 Å². The quantitative estimate of drug-likeness (QED) is 0.250. The van der Waals surface area contributed by atoms with E-state index >= 15 is 0 Å². The Labute approximate surface area is 219 Å². The Morgan fingerprint density at radius 2 is 1.58 bits per heavy atom. The lowest BCUT2D eigenvalue weighted by Gasteiger charge is -2.09. The average molecular weight is 511 g/mol. The van der Waals surface area contributed by atoms with Crippen LogP contribution < -0.4 is 20.1 Å². The van der Waals surface area contributed by atoms with Crippen molar-refractivity contribution in [3.05, 3.63) is 120 Å². The Bertz CT molecular complexity index is 1530. The van der Waals surface area contributed by atoms with E-state index in [0.717, 1.165) is 39.1 Å². The summed E-state index contributed by atoms with van der Waals surface area (Å²) in [6.45, 7) is 1.26. The van der Waals surface area contributed by atoms with Crippen LogP contribution in [0.25, 0.3) is 10.9 Å². The Morgan fingerprint density at radius 3 is 2.37 bits per heavy atom. The molecule has 1 aromatic heterocycles. The highest BCUT2D eigenvalue weighted by molar-refractivity contribution is 5.99. The standard InChI is InChI=1S/C30H27FN4O3/c1-37-25-5-4-6-26(17-25)38-20-23-11-9-22(10-12-23)19-35-28-8-3-2-7-27(28)29(34-35)33-30(36)32-18-21-13-15-24(31)16-14-21/h2-17H,18-20H2,1H3,(H2,32,33,34,36). The lowest BCUT2D eigenvalue weighted by molar-refractivity contribution is 0.251. The first kappa shape index (κ1) is 24.8. The van der Waals surface area contributed by atoms with Gasteiger partial charge in [-0.15, -0.1) is 0 Å². The third kappa shape index (κ3) is 6.10. The second-order valence-electron chi connectivity index (χ2n) is 8.74. The van der Waals surface area contributed by atoms with Gasteiger partial charge in [0.15, 0.2) is 5.82 Å². The highest BCUT2D eigenvalue weighted by Crippen LogP contribution is 2.24. The van der Waals surface area contributed by atoms with E-state index in [1.165, 1.54) is 12.1 Å². The highest BCUT2D eigenvalue weighted by atomic mass is 19.1. The number of nitrogens with zero attached hydrogens (tertiary/aromatic N) is 2. The van der Waals surface area contributed by atoms with Gasteiger partial charge in [-0.2, -0.15) is 5.10 Å². The molecule has 8 heteroatoms. The smallest absolute Gasteiger partial charge is 0.320 e. The van der Waals surface area contributed by atoms with Gasteiger partial charge in [0, 0.05) is 18.0 Å². The van der Waals surface area contributed by atoms with Crippen molar-refractivity contribution in [2.45, 2.75) is 19.7 Å². The van der Waals surface area contributed by atoms with Crippen molar-refractivity contribution in [3.63, 3.8) is 0 Å². The SMILES string of the molecule is COc1cccc(OCc2ccc(Cn3nc(NC(=O)NCc4ccc(F)cc4)c4ccccc43)cc2)c1. The molecular formula is C30H27FN4O3. The van der Waals surface area contributed by atoms with E-state index in [9.17, 15) is 9.18 Å². The van der Waals surface area contributed by atoms with E-state index < -0.39 is 0 Å². The predicted octanol–water partition coefficient (Wildman–Crippen LogP) is 6.13. The number of fused-ring (bicyclic) bond motifs is 1. The molecule has 2 amide bonds. The van der Waals surface area contributed by atoms with E-state index in [0.29, 0.717) is 19.0 Å². The summed E-state index contributed by atoms with van der Waals surface area (Å²) in [6.07, 6.45) is 0. The molecular weight excluding hydrogens is 483 g/mol. The van der Waals surface area contributed by atoms with Gasteiger partial charge < -0.3 is 14.8 Å². The van der Waals surface area contributed by atoms with Crippen molar-refractivity contribution >= 4 is 22.8 Å². The Balaban J connectivity index is 1.23. The van der Waals surface area contributed by atoms with Crippen molar-refractivity contribution < 1.29 is 18.7 Å². The molecule has 0 aliphatic rings. The number of carbonyl (C=O) groups is 1. The summed E-state index contributed by atoms with van der Waals surface area (Å²) >= 11 is 0. The molecule has 0 unspecified atom stereocenters. The van der Waals surface area contributed by atoms with Crippen LogP contribution in [0.2, 0.25) is 0 Å². The van der Waals surface area contributed by atoms with Crippen molar-refractivity contribution in [2.24, 2.45) is 0 Å². The molecule has 192 valence electrons. The highest BCUT2D eigenvalue weighted by Gasteiger charge is 2.13. The number of aromatic nitrogens is 2. The van der Waals surface area contributed by atoms with Crippen molar-refractivity contribution in [1.29, 1.82) is 0 Å². The number of hydrogen-bond acceptors (Lipinski definition) is 4. The van der Waals surface area contributed by atoms with Crippen LogP contribution in [-0.2, 0) is 19.7 Å². The summed E-state index contributed by atoms with van der Waals surface area (Å²) in [5.41, 5.74) is 3.82. The van der Waals surface area contributed by atoms with Crippen LogP contribution in [0.4, 0.5) is 15.0 Å². The van der Waals surface area contributed by atoms with E-state index in [4.69, 9.17) is 9.47 Å². The number of anilines is 1.